The Labute approximate surface area is 95.9 Å². The zero-order valence-corrected chi connectivity index (χ0v) is 10.4. The summed E-state index contributed by atoms with van der Waals surface area (Å²) >= 11 is 0. The van der Waals surface area contributed by atoms with Crippen LogP contribution >= 0.6 is 0 Å². The molecule has 0 saturated carbocycles. The zero-order chi connectivity index (χ0) is 12.3. The Bertz CT molecular complexity index is 471. The fraction of sp³-hybridized carbons (Fsp3) is 0.400. The second-order valence-corrected chi connectivity index (χ2v) is 5.34. The molecule has 0 unspecified atom stereocenters. The lowest BCUT2D eigenvalue weighted by molar-refractivity contribution is 0.399. The van der Waals surface area contributed by atoms with Gasteiger partial charge in [0.1, 0.15) is 10.6 Å². The number of ether oxygens (including phenoxy) is 1. The molecule has 0 fully saturated rings. The molecular weight excluding hydrogens is 228 g/mol. The fourth-order valence-electron chi connectivity index (χ4n) is 1.23. The number of sulfonamides is 1. The van der Waals surface area contributed by atoms with E-state index in [1.54, 1.807) is 19.1 Å². The van der Waals surface area contributed by atoms with Crippen LogP contribution in [0, 0.1) is 0 Å². The highest BCUT2D eigenvalue weighted by Crippen LogP contribution is 2.27. The Morgan fingerprint density at radius 3 is 2.56 bits per heavy atom. The summed E-state index contributed by atoms with van der Waals surface area (Å²) in [5.74, 6) is 0.300. The summed E-state index contributed by atoms with van der Waals surface area (Å²) in [6.07, 6.45) is 0. The highest BCUT2D eigenvalue weighted by molar-refractivity contribution is 7.89. The number of anilines is 1. The summed E-state index contributed by atoms with van der Waals surface area (Å²) < 4.78 is 30.4. The minimum absolute atomic E-state index is 0.0966. The number of rotatable bonds is 4. The maximum absolute atomic E-state index is 12.1. The van der Waals surface area contributed by atoms with Crippen molar-refractivity contribution >= 4 is 15.7 Å². The molecule has 1 rings (SSSR count). The molecule has 2 N–H and O–H groups in total. The van der Waals surface area contributed by atoms with Crippen LogP contribution < -0.4 is 10.5 Å². The molecule has 0 saturated heterocycles. The van der Waals surface area contributed by atoms with E-state index < -0.39 is 10.0 Å². The summed E-state index contributed by atoms with van der Waals surface area (Å²) in [6, 6.07) is 4.55. The van der Waals surface area contributed by atoms with E-state index in [9.17, 15) is 8.42 Å². The molecule has 0 aliphatic heterocycles. The van der Waals surface area contributed by atoms with Gasteiger partial charge in [0.25, 0.3) is 0 Å². The number of nitrogens with zero attached hydrogens (tertiary/aromatic N) is 1. The van der Waals surface area contributed by atoms with Crippen molar-refractivity contribution in [2.24, 2.45) is 0 Å². The molecule has 0 atom stereocenters. The van der Waals surface area contributed by atoms with E-state index in [4.69, 9.17) is 10.5 Å². The molecule has 0 aromatic heterocycles. The van der Waals surface area contributed by atoms with E-state index in [0.29, 0.717) is 18.0 Å². The molecule has 0 bridgehead atoms. The van der Waals surface area contributed by atoms with Gasteiger partial charge in [0, 0.05) is 19.3 Å². The van der Waals surface area contributed by atoms with E-state index in [0.717, 1.165) is 0 Å². The molecule has 1 aromatic carbocycles. The zero-order valence-electron chi connectivity index (χ0n) is 9.60. The van der Waals surface area contributed by atoms with Crippen molar-refractivity contribution < 1.29 is 13.2 Å². The van der Waals surface area contributed by atoms with E-state index >= 15 is 0 Å². The molecule has 0 aliphatic rings. The summed E-state index contributed by atoms with van der Waals surface area (Å²) in [7, 11) is -0.587. The van der Waals surface area contributed by atoms with Crippen molar-refractivity contribution in [2.75, 3.05) is 26.4 Å². The summed E-state index contributed by atoms with van der Waals surface area (Å²) in [4.78, 5) is 0.0966. The smallest absolute Gasteiger partial charge is 0.246 e. The van der Waals surface area contributed by atoms with Crippen molar-refractivity contribution in [1.82, 2.24) is 4.31 Å². The molecule has 5 nitrogen and oxygen atoms in total. The number of hydrogen-bond acceptors (Lipinski definition) is 4. The van der Waals surface area contributed by atoms with E-state index in [2.05, 4.69) is 0 Å². The van der Waals surface area contributed by atoms with Crippen LogP contribution in [-0.2, 0) is 10.0 Å². The Balaban J connectivity index is 3.37. The first-order valence-corrected chi connectivity index (χ1v) is 6.27. The minimum atomic E-state index is -3.53. The van der Waals surface area contributed by atoms with Gasteiger partial charge in [-0.1, -0.05) is 6.92 Å². The molecular formula is C10H16N2O3S. The topological polar surface area (TPSA) is 72.6 Å². The van der Waals surface area contributed by atoms with Crippen LogP contribution in [0.4, 0.5) is 5.69 Å². The summed E-state index contributed by atoms with van der Waals surface area (Å²) in [5.41, 5.74) is 5.97. The maximum atomic E-state index is 12.1. The normalized spacial score (nSPS) is 11.8. The number of hydrogen-bond donors (Lipinski definition) is 1. The average molecular weight is 244 g/mol. The fourth-order valence-corrected chi connectivity index (χ4v) is 2.60. The Hall–Kier alpha value is -1.27. The van der Waals surface area contributed by atoms with Gasteiger partial charge in [-0.25, -0.2) is 12.7 Å². The predicted molar refractivity (Wildman–Crippen MR) is 62.9 cm³/mol. The van der Waals surface area contributed by atoms with Crippen LogP contribution in [0.2, 0.25) is 0 Å². The first kappa shape index (κ1) is 12.8. The number of benzene rings is 1. The molecule has 16 heavy (non-hydrogen) atoms. The summed E-state index contributed by atoms with van der Waals surface area (Å²) in [5, 5.41) is 0. The molecule has 1 aromatic rings. The van der Waals surface area contributed by atoms with Gasteiger partial charge in [0.15, 0.2) is 0 Å². The predicted octanol–water partition coefficient (Wildman–Crippen LogP) is 0.918. The molecule has 90 valence electrons. The van der Waals surface area contributed by atoms with E-state index in [1.165, 1.54) is 24.5 Å². The molecule has 0 spiro atoms. The molecule has 0 aliphatic carbocycles. The monoisotopic (exact) mass is 244 g/mol. The third kappa shape index (κ3) is 2.28. The lowest BCUT2D eigenvalue weighted by Crippen LogP contribution is -2.27. The van der Waals surface area contributed by atoms with Crippen LogP contribution in [0.15, 0.2) is 23.1 Å². The van der Waals surface area contributed by atoms with Crippen molar-refractivity contribution in [3.05, 3.63) is 18.2 Å². The standard InChI is InChI=1S/C10H16N2O3S/c1-4-12(2)16(13,14)10-7-8(11)5-6-9(10)15-3/h5-7H,4,11H2,1-3H3. The van der Waals surface area contributed by atoms with Gasteiger partial charge >= 0.3 is 0 Å². The van der Waals surface area contributed by atoms with Crippen molar-refractivity contribution in [3.63, 3.8) is 0 Å². The first-order valence-electron chi connectivity index (χ1n) is 4.83. The highest BCUT2D eigenvalue weighted by Gasteiger charge is 2.23. The van der Waals surface area contributed by atoms with E-state index in [1.807, 2.05) is 0 Å². The van der Waals surface area contributed by atoms with Gasteiger partial charge in [-0.2, -0.15) is 0 Å². The van der Waals surface area contributed by atoms with Crippen LogP contribution in [-0.4, -0.2) is 33.4 Å². The minimum Gasteiger partial charge on any atom is -0.495 e. The second-order valence-electron chi connectivity index (χ2n) is 3.33. The molecule has 6 heteroatoms. The van der Waals surface area contributed by atoms with Gasteiger partial charge < -0.3 is 10.5 Å². The van der Waals surface area contributed by atoms with Crippen LogP contribution in [0.25, 0.3) is 0 Å². The molecule has 0 heterocycles. The van der Waals surface area contributed by atoms with Crippen LogP contribution in [0.3, 0.4) is 0 Å². The van der Waals surface area contributed by atoms with Gasteiger partial charge in [0.05, 0.1) is 7.11 Å². The summed E-state index contributed by atoms with van der Waals surface area (Å²) in [6.45, 7) is 2.15. The highest BCUT2D eigenvalue weighted by atomic mass is 32.2. The number of nitrogen functional groups attached to an aromatic ring is 1. The van der Waals surface area contributed by atoms with Gasteiger partial charge in [-0.05, 0) is 18.2 Å². The van der Waals surface area contributed by atoms with Gasteiger partial charge in [0.2, 0.25) is 10.0 Å². The first-order chi connectivity index (χ1) is 7.43. The van der Waals surface area contributed by atoms with Crippen LogP contribution in [0.1, 0.15) is 6.92 Å². The number of methoxy groups -OCH3 is 1. The van der Waals surface area contributed by atoms with Crippen LogP contribution in [0.5, 0.6) is 5.75 Å². The van der Waals surface area contributed by atoms with Gasteiger partial charge in [-0.15, -0.1) is 0 Å². The Morgan fingerprint density at radius 2 is 2.06 bits per heavy atom. The molecule has 0 radical (unpaired) electrons. The Kier molecular flexibility index (Phi) is 3.77. The lowest BCUT2D eigenvalue weighted by Gasteiger charge is -2.17. The number of nitrogens with two attached hydrogens (primary N) is 1. The Morgan fingerprint density at radius 1 is 1.44 bits per heavy atom. The largest absolute Gasteiger partial charge is 0.495 e. The van der Waals surface area contributed by atoms with Crippen molar-refractivity contribution in [3.8, 4) is 5.75 Å². The molecule has 0 amide bonds. The lowest BCUT2D eigenvalue weighted by atomic mass is 10.3. The SMILES string of the molecule is CCN(C)S(=O)(=O)c1cc(N)ccc1OC. The quantitative estimate of drug-likeness (QED) is 0.799. The second kappa shape index (κ2) is 4.71. The van der Waals surface area contributed by atoms with E-state index in [-0.39, 0.29) is 4.90 Å². The maximum Gasteiger partial charge on any atom is 0.246 e. The van der Waals surface area contributed by atoms with Crippen molar-refractivity contribution in [2.45, 2.75) is 11.8 Å². The van der Waals surface area contributed by atoms with Crippen molar-refractivity contribution in [1.29, 1.82) is 0 Å². The van der Waals surface area contributed by atoms with Gasteiger partial charge in [-0.3, -0.25) is 0 Å². The third-order valence-electron chi connectivity index (χ3n) is 2.32. The average Bonchev–Trinajstić information content (AvgIpc) is 2.27. The third-order valence-corrected chi connectivity index (χ3v) is 4.27.